The van der Waals surface area contributed by atoms with Gasteiger partial charge in [-0.1, -0.05) is 22.9 Å². The summed E-state index contributed by atoms with van der Waals surface area (Å²) in [7, 11) is 1.72. The second kappa shape index (κ2) is 3.80. The number of ether oxygens (including phenoxy) is 1. The van der Waals surface area contributed by atoms with Crippen molar-refractivity contribution in [3.63, 3.8) is 0 Å². The van der Waals surface area contributed by atoms with Crippen LogP contribution in [0.5, 0.6) is 5.75 Å². The number of methoxy groups -OCH3 is 1. The minimum absolute atomic E-state index is 0.140. The smallest absolute Gasteiger partial charge is 0.127 e. The first kappa shape index (κ1) is 11.0. The summed E-state index contributed by atoms with van der Waals surface area (Å²) in [6.45, 7) is 2.13. The Hall–Kier alpha value is -0.540. The predicted molar refractivity (Wildman–Crippen MR) is 65.2 cm³/mol. The number of benzene rings is 1. The van der Waals surface area contributed by atoms with Gasteiger partial charge in [-0.3, -0.25) is 0 Å². The Morgan fingerprint density at radius 1 is 1.47 bits per heavy atom. The van der Waals surface area contributed by atoms with Crippen LogP contribution in [0.25, 0.3) is 0 Å². The van der Waals surface area contributed by atoms with Gasteiger partial charge >= 0.3 is 0 Å². The van der Waals surface area contributed by atoms with Crippen molar-refractivity contribution in [2.24, 2.45) is 5.73 Å². The van der Waals surface area contributed by atoms with E-state index < -0.39 is 0 Å². The molecule has 1 aromatic rings. The van der Waals surface area contributed by atoms with Gasteiger partial charge in [0.25, 0.3) is 0 Å². The van der Waals surface area contributed by atoms with Crippen LogP contribution in [0.4, 0.5) is 0 Å². The minimum Gasteiger partial charge on any atom is -0.496 e. The summed E-state index contributed by atoms with van der Waals surface area (Å²) in [5.41, 5.74) is 8.47. The first-order valence-corrected chi connectivity index (χ1v) is 6.06. The van der Waals surface area contributed by atoms with Gasteiger partial charge in [0.1, 0.15) is 5.75 Å². The van der Waals surface area contributed by atoms with E-state index >= 15 is 0 Å². The molecule has 0 bridgehead atoms. The molecule has 1 saturated carbocycles. The molecule has 1 aliphatic carbocycles. The molecule has 0 aliphatic heterocycles. The summed E-state index contributed by atoms with van der Waals surface area (Å²) in [5, 5.41) is 0. The molecule has 0 radical (unpaired) electrons. The van der Waals surface area contributed by atoms with Crippen molar-refractivity contribution >= 4 is 15.9 Å². The third-order valence-corrected chi connectivity index (χ3v) is 3.50. The van der Waals surface area contributed by atoms with Gasteiger partial charge < -0.3 is 10.5 Å². The van der Waals surface area contributed by atoms with Gasteiger partial charge in [-0.05, 0) is 37.0 Å². The van der Waals surface area contributed by atoms with Crippen LogP contribution in [0.1, 0.15) is 30.9 Å². The van der Waals surface area contributed by atoms with Crippen LogP contribution in [-0.2, 0) is 12.0 Å². The molecule has 2 rings (SSSR count). The van der Waals surface area contributed by atoms with Crippen molar-refractivity contribution < 1.29 is 4.74 Å². The summed E-state index contributed by atoms with van der Waals surface area (Å²) in [6.07, 6.45) is 3.08. The molecule has 82 valence electrons. The van der Waals surface area contributed by atoms with Crippen molar-refractivity contribution in [2.75, 3.05) is 7.11 Å². The number of rotatable bonds is 3. The number of halogens is 1. The van der Waals surface area contributed by atoms with E-state index in [-0.39, 0.29) is 5.54 Å². The van der Waals surface area contributed by atoms with Gasteiger partial charge in [0.15, 0.2) is 0 Å². The highest BCUT2D eigenvalue weighted by atomic mass is 79.9. The Morgan fingerprint density at radius 3 is 2.60 bits per heavy atom. The Kier molecular flexibility index (Phi) is 2.77. The summed E-state index contributed by atoms with van der Waals surface area (Å²) in [6, 6.07) is 4.19. The summed E-state index contributed by atoms with van der Waals surface area (Å²) in [4.78, 5) is 0. The first-order valence-electron chi connectivity index (χ1n) is 5.26. The SMILES string of the molecule is CCc1cc(Br)cc(C2(N)CC2)c1OC. The lowest BCUT2D eigenvalue weighted by molar-refractivity contribution is 0.399. The number of nitrogens with two attached hydrogens (primary N) is 1. The van der Waals surface area contributed by atoms with Gasteiger partial charge in [0, 0.05) is 15.6 Å². The number of hydrogen-bond donors (Lipinski definition) is 1. The first-order chi connectivity index (χ1) is 7.10. The molecule has 3 heteroatoms. The molecule has 1 aromatic carbocycles. The molecular formula is C12H16BrNO. The predicted octanol–water partition coefficient (Wildman–Crippen LogP) is 2.97. The van der Waals surface area contributed by atoms with Crippen LogP contribution in [0.15, 0.2) is 16.6 Å². The lowest BCUT2D eigenvalue weighted by atomic mass is 9.99. The zero-order chi connectivity index (χ0) is 11.1. The molecule has 0 heterocycles. The summed E-state index contributed by atoms with van der Waals surface area (Å²) >= 11 is 3.53. The summed E-state index contributed by atoms with van der Waals surface area (Å²) < 4.78 is 6.58. The Bertz CT molecular complexity index is 385. The van der Waals surface area contributed by atoms with E-state index in [4.69, 9.17) is 10.5 Å². The van der Waals surface area contributed by atoms with Crippen molar-refractivity contribution in [3.8, 4) is 5.75 Å². The molecule has 0 unspecified atom stereocenters. The maximum Gasteiger partial charge on any atom is 0.127 e. The fraction of sp³-hybridized carbons (Fsp3) is 0.500. The molecule has 0 amide bonds. The number of aryl methyl sites for hydroxylation is 1. The van der Waals surface area contributed by atoms with Crippen LogP contribution in [-0.4, -0.2) is 7.11 Å². The fourth-order valence-electron chi connectivity index (χ4n) is 1.93. The number of hydrogen-bond acceptors (Lipinski definition) is 2. The second-order valence-electron chi connectivity index (χ2n) is 4.16. The zero-order valence-corrected chi connectivity index (χ0v) is 10.7. The maximum atomic E-state index is 6.24. The van der Waals surface area contributed by atoms with Crippen molar-refractivity contribution in [2.45, 2.75) is 31.7 Å². The quantitative estimate of drug-likeness (QED) is 0.916. The van der Waals surface area contributed by atoms with E-state index in [1.165, 1.54) is 5.56 Å². The topological polar surface area (TPSA) is 35.2 Å². The lowest BCUT2D eigenvalue weighted by Crippen LogP contribution is -2.20. The molecule has 0 aromatic heterocycles. The van der Waals surface area contributed by atoms with E-state index in [1.807, 2.05) is 0 Å². The Labute approximate surface area is 98.9 Å². The second-order valence-corrected chi connectivity index (χ2v) is 5.07. The average molecular weight is 270 g/mol. The third-order valence-electron chi connectivity index (χ3n) is 3.04. The van der Waals surface area contributed by atoms with Crippen LogP contribution in [0.2, 0.25) is 0 Å². The standard InChI is InChI=1S/C12H16BrNO/c1-3-8-6-9(13)7-10(11(8)15-2)12(14)4-5-12/h6-7H,3-5,14H2,1-2H3. The van der Waals surface area contributed by atoms with E-state index in [0.717, 1.165) is 35.0 Å². The minimum atomic E-state index is -0.140. The lowest BCUT2D eigenvalue weighted by Gasteiger charge is -2.18. The van der Waals surface area contributed by atoms with E-state index in [2.05, 4.69) is 35.0 Å². The van der Waals surface area contributed by atoms with Gasteiger partial charge in [0.05, 0.1) is 7.11 Å². The van der Waals surface area contributed by atoms with Crippen molar-refractivity contribution in [3.05, 3.63) is 27.7 Å². The molecule has 0 spiro atoms. The molecule has 2 N–H and O–H groups in total. The molecule has 15 heavy (non-hydrogen) atoms. The monoisotopic (exact) mass is 269 g/mol. The van der Waals surface area contributed by atoms with Crippen LogP contribution >= 0.6 is 15.9 Å². The fourth-order valence-corrected chi connectivity index (χ4v) is 2.43. The largest absolute Gasteiger partial charge is 0.496 e. The van der Waals surface area contributed by atoms with Crippen molar-refractivity contribution in [1.82, 2.24) is 0 Å². The molecular weight excluding hydrogens is 254 g/mol. The molecule has 1 aliphatic rings. The van der Waals surface area contributed by atoms with Gasteiger partial charge in [-0.15, -0.1) is 0 Å². The average Bonchev–Trinajstić information content (AvgIpc) is 2.96. The van der Waals surface area contributed by atoms with E-state index in [1.54, 1.807) is 7.11 Å². The maximum absolute atomic E-state index is 6.24. The molecule has 1 fully saturated rings. The van der Waals surface area contributed by atoms with Gasteiger partial charge in [-0.25, -0.2) is 0 Å². The van der Waals surface area contributed by atoms with E-state index in [9.17, 15) is 0 Å². The highest BCUT2D eigenvalue weighted by Crippen LogP contribution is 2.48. The highest BCUT2D eigenvalue weighted by Gasteiger charge is 2.42. The molecule has 0 saturated heterocycles. The van der Waals surface area contributed by atoms with E-state index in [0.29, 0.717) is 0 Å². The van der Waals surface area contributed by atoms with Crippen LogP contribution in [0.3, 0.4) is 0 Å². The van der Waals surface area contributed by atoms with Crippen LogP contribution < -0.4 is 10.5 Å². The third kappa shape index (κ3) is 1.91. The normalized spacial score (nSPS) is 17.6. The van der Waals surface area contributed by atoms with Gasteiger partial charge in [-0.2, -0.15) is 0 Å². The Morgan fingerprint density at radius 2 is 2.13 bits per heavy atom. The molecule has 2 nitrogen and oxygen atoms in total. The molecule has 0 atom stereocenters. The highest BCUT2D eigenvalue weighted by molar-refractivity contribution is 9.10. The van der Waals surface area contributed by atoms with Crippen molar-refractivity contribution in [1.29, 1.82) is 0 Å². The Balaban J connectivity index is 2.56. The zero-order valence-electron chi connectivity index (χ0n) is 9.14. The van der Waals surface area contributed by atoms with Crippen LogP contribution in [0, 0.1) is 0 Å². The van der Waals surface area contributed by atoms with Gasteiger partial charge in [0.2, 0.25) is 0 Å². The summed E-state index contributed by atoms with van der Waals surface area (Å²) in [5.74, 6) is 0.973.